The maximum atomic E-state index is 16.6. The molecule has 3 heterocycles. The van der Waals surface area contributed by atoms with Crippen LogP contribution in [-0.2, 0) is 36.7 Å². The zero-order valence-electron chi connectivity index (χ0n) is 36.9. The summed E-state index contributed by atoms with van der Waals surface area (Å²) in [6.07, 6.45) is -3.28. The van der Waals surface area contributed by atoms with E-state index in [2.05, 4.69) is 32.4 Å². The number of benzene rings is 6. The van der Waals surface area contributed by atoms with Crippen LogP contribution in [0.3, 0.4) is 0 Å². The Morgan fingerprint density at radius 3 is 1.99 bits per heavy atom. The number of hydrogen-bond donors (Lipinski definition) is 1. The molecule has 0 bridgehead atoms. The van der Waals surface area contributed by atoms with Crippen molar-refractivity contribution < 1.29 is 31.8 Å². The Hall–Kier alpha value is -7.72. The molecule has 0 saturated carbocycles. The predicted molar refractivity (Wildman–Crippen MR) is 248 cm³/mol. The van der Waals surface area contributed by atoms with Crippen molar-refractivity contribution in [3.05, 3.63) is 190 Å². The number of rotatable bonds is 13. The fourth-order valence-electron chi connectivity index (χ4n) is 9.03. The SMILES string of the molecule is COc1cc(-c2cc(C(F)(F)F)cc3c2n(C)c(=O)n3CC(=O)Nc2cccc(N3CCN(C)CC3)c2)cc(F)c1OCc1nncn1C(c1ccccc1)(c1ccccc1)c1ccccc1. The van der Waals surface area contributed by atoms with E-state index in [1.807, 2.05) is 108 Å². The van der Waals surface area contributed by atoms with Crippen molar-refractivity contribution in [1.82, 2.24) is 28.8 Å². The number of carbonyl (C=O) groups is 1. The second-order valence-electron chi connectivity index (χ2n) is 16.4. The summed E-state index contributed by atoms with van der Waals surface area (Å²) in [7, 11) is 4.72. The smallest absolute Gasteiger partial charge is 0.416 e. The van der Waals surface area contributed by atoms with E-state index in [0.717, 1.165) is 75.9 Å². The van der Waals surface area contributed by atoms with Gasteiger partial charge in [0.15, 0.2) is 23.1 Å². The van der Waals surface area contributed by atoms with Crippen molar-refractivity contribution in [2.75, 3.05) is 50.6 Å². The van der Waals surface area contributed by atoms with Gasteiger partial charge in [-0.1, -0.05) is 97.1 Å². The lowest BCUT2D eigenvalue weighted by molar-refractivity contribution is -0.137. The fraction of sp³-hybridized carbons (Fsp3) is 0.216. The number of imidazole rings is 1. The van der Waals surface area contributed by atoms with Crippen molar-refractivity contribution in [1.29, 1.82) is 0 Å². The number of ether oxygens (including phenoxy) is 2. The fourth-order valence-corrected chi connectivity index (χ4v) is 9.03. The molecule has 1 amide bonds. The van der Waals surface area contributed by atoms with E-state index in [4.69, 9.17) is 9.47 Å². The molecule has 1 aliphatic rings. The summed E-state index contributed by atoms with van der Waals surface area (Å²) in [6, 6.07) is 40.8. The third kappa shape index (κ3) is 8.51. The Kier molecular flexibility index (Phi) is 12.1. The molecule has 0 radical (unpaired) electrons. The minimum atomic E-state index is -4.87. The van der Waals surface area contributed by atoms with E-state index in [1.165, 1.54) is 20.2 Å². The van der Waals surface area contributed by atoms with Crippen LogP contribution in [0.4, 0.5) is 28.9 Å². The van der Waals surface area contributed by atoms with Crippen molar-refractivity contribution in [3.63, 3.8) is 0 Å². The van der Waals surface area contributed by atoms with Gasteiger partial charge in [0.1, 0.15) is 25.0 Å². The Labute approximate surface area is 383 Å². The molecular formula is C51H46F4N8O4. The number of nitrogens with one attached hydrogen (secondary N) is 1. The van der Waals surface area contributed by atoms with Gasteiger partial charge in [0.2, 0.25) is 5.91 Å². The number of anilines is 2. The van der Waals surface area contributed by atoms with Gasteiger partial charge in [-0.25, -0.2) is 9.18 Å². The number of alkyl halides is 3. The lowest BCUT2D eigenvalue weighted by Gasteiger charge is -2.38. The highest BCUT2D eigenvalue weighted by Crippen LogP contribution is 2.44. The topological polar surface area (TPSA) is 112 Å². The van der Waals surface area contributed by atoms with Crippen LogP contribution < -0.4 is 25.4 Å². The van der Waals surface area contributed by atoms with E-state index in [1.54, 1.807) is 18.5 Å². The summed E-state index contributed by atoms with van der Waals surface area (Å²) in [5.74, 6) is -1.70. The molecule has 16 heteroatoms. The first-order chi connectivity index (χ1) is 32.4. The van der Waals surface area contributed by atoms with Crippen LogP contribution in [0.25, 0.3) is 22.2 Å². The highest BCUT2D eigenvalue weighted by Gasteiger charge is 2.40. The van der Waals surface area contributed by atoms with Gasteiger partial charge in [-0.2, -0.15) is 13.2 Å². The van der Waals surface area contributed by atoms with E-state index >= 15 is 4.39 Å². The maximum absolute atomic E-state index is 16.6. The van der Waals surface area contributed by atoms with Gasteiger partial charge in [-0.05, 0) is 71.8 Å². The van der Waals surface area contributed by atoms with E-state index in [0.29, 0.717) is 11.5 Å². The van der Waals surface area contributed by atoms with E-state index in [9.17, 15) is 22.8 Å². The number of likely N-dealkylation sites (N-methyl/N-ethyl adjacent to an activating group) is 1. The molecule has 1 fully saturated rings. The summed E-state index contributed by atoms with van der Waals surface area (Å²) in [5, 5.41) is 11.5. The minimum absolute atomic E-state index is 0.0323. The van der Waals surface area contributed by atoms with E-state index in [-0.39, 0.29) is 40.3 Å². The number of methoxy groups -OCH3 is 1. The molecule has 0 atom stereocenters. The monoisotopic (exact) mass is 910 g/mol. The van der Waals surface area contributed by atoms with Gasteiger partial charge < -0.3 is 24.6 Å². The summed E-state index contributed by atoms with van der Waals surface area (Å²) in [4.78, 5) is 31.8. The second-order valence-corrected chi connectivity index (χ2v) is 16.4. The largest absolute Gasteiger partial charge is 0.493 e. The van der Waals surface area contributed by atoms with Crippen molar-refractivity contribution in [2.45, 2.75) is 24.9 Å². The molecule has 342 valence electrons. The third-order valence-electron chi connectivity index (χ3n) is 12.3. The van der Waals surface area contributed by atoms with Crippen molar-refractivity contribution >= 4 is 28.3 Å². The molecule has 0 spiro atoms. The quantitative estimate of drug-likeness (QED) is 0.0906. The van der Waals surface area contributed by atoms with E-state index < -0.39 is 41.2 Å². The lowest BCUT2D eigenvalue weighted by atomic mass is 9.76. The first kappa shape index (κ1) is 44.5. The molecule has 0 aliphatic carbocycles. The van der Waals surface area contributed by atoms with Gasteiger partial charge in [-0.3, -0.25) is 18.5 Å². The number of carbonyl (C=O) groups excluding carboxylic acids is 1. The molecule has 9 rings (SSSR count). The lowest BCUT2D eigenvalue weighted by Crippen LogP contribution is -2.44. The number of nitrogens with zero attached hydrogens (tertiary/aromatic N) is 7. The van der Waals surface area contributed by atoms with Crippen molar-refractivity contribution in [3.8, 4) is 22.6 Å². The minimum Gasteiger partial charge on any atom is -0.493 e. The molecule has 67 heavy (non-hydrogen) atoms. The molecule has 2 aromatic heterocycles. The zero-order chi connectivity index (χ0) is 46.9. The molecule has 1 N–H and O–H groups in total. The molecule has 1 saturated heterocycles. The number of halogens is 4. The number of fused-ring (bicyclic) bond motifs is 1. The number of piperazine rings is 1. The summed E-state index contributed by atoms with van der Waals surface area (Å²) >= 11 is 0. The first-order valence-corrected chi connectivity index (χ1v) is 21.6. The average Bonchev–Trinajstić information content (AvgIpc) is 3.90. The van der Waals surface area contributed by atoms with Gasteiger partial charge in [-0.15, -0.1) is 10.2 Å². The molecule has 1 aliphatic heterocycles. The van der Waals surface area contributed by atoms with Gasteiger partial charge in [0.25, 0.3) is 0 Å². The van der Waals surface area contributed by atoms with Crippen LogP contribution in [0.2, 0.25) is 0 Å². The highest BCUT2D eigenvalue weighted by atomic mass is 19.4. The van der Waals surface area contributed by atoms with Crippen LogP contribution >= 0.6 is 0 Å². The molecule has 0 unspecified atom stereocenters. The number of hydrogen-bond acceptors (Lipinski definition) is 8. The standard InChI is InChI=1S/C51H46F4N8O4/c1-59-22-24-61(25-23-59)40-21-13-20-39(30-40)57-46(64)31-62-43-29-38(51(53,54)55)28-41(47(43)60(2)49(62)65)34-26-42(52)48(44(27-34)66-3)67-32-45-58-56-33-63(45)50(35-14-7-4-8-15-35,36-16-9-5-10-17-36)37-18-11-6-12-19-37/h4-21,26-30,33H,22-25,31-32H2,1-3H3,(H,57,64). The highest BCUT2D eigenvalue weighted by molar-refractivity contribution is 5.96. The third-order valence-corrected chi connectivity index (χ3v) is 12.3. The van der Waals surface area contributed by atoms with Crippen LogP contribution in [0, 0.1) is 5.82 Å². The zero-order valence-corrected chi connectivity index (χ0v) is 36.9. The summed E-state index contributed by atoms with van der Waals surface area (Å²) < 4.78 is 76.4. The van der Waals surface area contributed by atoms with Crippen LogP contribution in [0.1, 0.15) is 28.1 Å². The second kappa shape index (κ2) is 18.3. The first-order valence-electron chi connectivity index (χ1n) is 21.6. The van der Waals surface area contributed by atoms with Crippen LogP contribution in [0.5, 0.6) is 11.5 Å². The number of aromatic nitrogens is 5. The molecule has 12 nitrogen and oxygen atoms in total. The van der Waals surface area contributed by atoms with Crippen molar-refractivity contribution in [2.24, 2.45) is 7.05 Å². The maximum Gasteiger partial charge on any atom is 0.416 e. The van der Waals surface area contributed by atoms with Gasteiger partial charge in [0, 0.05) is 50.2 Å². The Morgan fingerprint density at radius 1 is 0.761 bits per heavy atom. The predicted octanol–water partition coefficient (Wildman–Crippen LogP) is 8.57. The number of amides is 1. The normalized spacial score (nSPS) is 13.5. The summed E-state index contributed by atoms with van der Waals surface area (Å²) in [6.45, 7) is 2.48. The molecular weight excluding hydrogens is 865 g/mol. The van der Waals surface area contributed by atoms with Gasteiger partial charge in [0.05, 0.1) is 23.7 Å². The summed E-state index contributed by atoms with van der Waals surface area (Å²) in [5.41, 5.74) is 0.930. The Bertz CT molecular complexity index is 3010. The average molecular weight is 911 g/mol. The van der Waals surface area contributed by atoms with Crippen LogP contribution in [-0.4, -0.2) is 75.0 Å². The molecule has 6 aromatic carbocycles. The Balaban J connectivity index is 1.06. The number of aryl methyl sites for hydroxylation is 1. The molecule has 8 aromatic rings. The van der Waals surface area contributed by atoms with Crippen LogP contribution in [0.15, 0.2) is 151 Å². The Morgan fingerprint density at radius 2 is 1.39 bits per heavy atom. The van der Waals surface area contributed by atoms with Gasteiger partial charge >= 0.3 is 11.9 Å².